The van der Waals surface area contributed by atoms with Gasteiger partial charge in [0.05, 0.1) is 5.69 Å². The summed E-state index contributed by atoms with van der Waals surface area (Å²) in [6, 6.07) is 8.28. The van der Waals surface area contributed by atoms with Crippen LogP contribution in [0.3, 0.4) is 0 Å². The molecule has 0 aliphatic rings. The van der Waals surface area contributed by atoms with Crippen LogP contribution >= 0.6 is 0 Å². The number of benzene rings is 1. The van der Waals surface area contributed by atoms with E-state index < -0.39 is 0 Å². The monoisotopic (exact) mass is 392 g/mol. The summed E-state index contributed by atoms with van der Waals surface area (Å²) in [5.41, 5.74) is 8.27. The summed E-state index contributed by atoms with van der Waals surface area (Å²) in [6.45, 7) is 14.7. The van der Waals surface area contributed by atoms with Gasteiger partial charge < -0.3 is 5.32 Å². The summed E-state index contributed by atoms with van der Waals surface area (Å²) < 4.78 is 1.88. The minimum absolute atomic E-state index is 0.0375. The number of anilines is 1. The van der Waals surface area contributed by atoms with Gasteiger partial charge in [0.1, 0.15) is 0 Å². The van der Waals surface area contributed by atoms with E-state index in [1.54, 1.807) is 0 Å². The highest BCUT2D eigenvalue weighted by atomic mass is 16.1. The second-order valence-electron chi connectivity index (χ2n) is 8.49. The van der Waals surface area contributed by atoms with Gasteiger partial charge in [-0.15, -0.1) is 0 Å². The summed E-state index contributed by atoms with van der Waals surface area (Å²) in [7, 11) is 0. The zero-order valence-corrected chi connectivity index (χ0v) is 18.6. The van der Waals surface area contributed by atoms with Gasteiger partial charge in [-0.25, -0.2) is 9.50 Å². The Hall–Kier alpha value is -2.69. The van der Waals surface area contributed by atoms with E-state index in [1.165, 1.54) is 11.1 Å². The summed E-state index contributed by atoms with van der Waals surface area (Å²) in [4.78, 5) is 17.5. The van der Waals surface area contributed by atoms with Crippen LogP contribution in [0.2, 0.25) is 0 Å². The van der Waals surface area contributed by atoms with Crippen molar-refractivity contribution in [2.75, 3.05) is 5.32 Å². The quantitative estimate of drug-likeness (QED) is 0.605. The highest BCUT2D eigenvalue weighted by Crippen LogP contribution is 2.32. The molecule has 0 spiro atoms. The number of rotatable bonds is 6. The molecule has 0 aliphatic heterocycles. The Kier molecular flexibility index (Phi) is 6.06. The fourth-order valence-electron chi connectivity index (χ4n) is 3.94. The molecular formula is C24H32N4O. The number of para-hydroxylation sites is 1. The van der Waals surface area contributed by atoms with Crippen molar-refractivity contribution in [3.63, 3.8) is 0 Å². The maximum Gasteiger partial charge on any atom is 0.224 e. The van der Waals surface area contributed by atoms with Crippen molar-refractivity contribution < 1.29 is 4.79 Å². The van der Waals surface area contributed by atoms with Gasteiger partial charge >= 0.3 is 0 Å². The number of carbonyl (C=O) groups excluding carboxylic acids is 1. The third kappa shape index (κ3) is 4.34. The number of fused-ring (bicyclic) bond motifs is 1. The van der Waals surface area contributed by atoms with E-state index in [0.717, 1.165) is 34.0 Å². The van der Waals surface area contributed by atoms with Crippen LogP contribution in [0.1, 0.15) is 79.7 Å². The Morgan fingerprint density at radius 3 is 2.28 bits per heavy atom. The first-order chi connectivity index (χ1) is 13.7. The molecule has 3 rings (SSSR count). The molecule has 0 aliphatic carbocycles. The molecule has 0 saturated heterocycles. The minimum atomic E-state index is 0.0375. The van der Waals surface area contributed by atoms with E-state index >= 15 is 0 Å². The van der Waals surface area contributed by atoms with Gasteiger partial charge in [0, 0.05) is 29.6 Å². The van der Waals surface area contributed by atoms with Crippen LogP contribution in [0.5, 0.6) is 0 Å². The number of hydrogen-bond donors (Lipinski definition) is 1. The number of amides is 1. The summed E-state index contributed by atoms with van der Waals surface area (Å²) in [5, 5.41) is 7.74. The molecule has 154 valence electrons. The van der Waals surface area contributed by atoms with Crippen molar-refractivity contribution >= 4 is 17.2 Å². The van der Waals surface area contributed by atoms with Gasteiger partial charge in [-0.3, -0.25) is 4.79 Å². The molecule has 1 amide bonds. The van der Waals surface area contributed by atoms with Gasteiger partial charge in [-0.1, -0.05) is 45.9 Å². The number of nitrogens with one attached hydrogen (secondary N) is 1. The second kappa shape index (κ2) is 8.36. The average molecular weight is 393 g/mol. The van der Waals surface area contributed by atoms with Crippen LogP contribution < -0.4 is 5.32 Å². The second-order valence-corrected chi connectivity index (χ2v) is 8.49. The van der Waals surface area contributed by atoms with Crippen LogP contribution in [0.25, 0.3) is 5.65 Å². The lowest BCUT2D eigenvalue weighted by molar-refractivity contribution is -0.116. The highest BCUT2D eigenvalue weighted by Gasteiger charge is 2.17. The normalized spacial score (nSPS) is 11.6. The van der Waals surface area contributed by atoms with Crippen LogP contribution in [0.4, 0.5) is 5.69 Å². The molecule has 2 aromatic heterocycles. The molecule has 1 aromatic carbocycles. The fourth-order valence-corrected chi connectivity index (χ4v) is 3.94. The van der Waals surface area contributed by atoms with Crippen molar-refractivity contribution in [2.24, 2.45) is 0 Å². The van der Waals surface area contributed by atoms with Gasteiger partial charge in [0.25, 0.3) is 0 Å². The maximum absolute atomic E-state index is 12.9. The number of aryl methyl sites for hydroxylation is 3. The third-order valence-electron chi connectivity index (χ3n) is 5.53. The number of carbonyl (C=O) groups is 1. The van der Waals surface area contributed by atoms with Gasteiger partial charge in [-0.05, 0) is 55.7 Å². The summed E-state index contributed by atoms with van der Waals surface area (Å²) in [5.74, 6) is 0.738. The summed E-state index contributed by atoms with van der Waals surface area (Å²) >= 11 is 0. The molecular weight excluding hydrogens is 360 g/mol. The van der Waals surface area contributed by atoms with E-state index in [0.29, 0.717) is 24.7 Å². The predicted molar refractivity (Wildman–Crippen MR) is 119 cm³/mol. The molecule has 3 aromatic rings. The van der Waals surface area contributed by atoms with Crippen LogP contribution in [-0.4, -0.2) is 20.5 Å². The Balaban J connectivity index is 1.82. The molecule has 0 bridgehead atoms. The SMILES string of the molecule is Cc1cc2nc(C)c(CCC(=O)Nc3c(C(C)C)cccc3C(C)C)c(C)n2n1. The first-order valence-corrected chi connectivity index (χ1v) is 10.4. The minimum Gasteiger partial charge on any atom is -0.326 e. The maximum atomic E-state index is 12.9. The van der Waals surface area contributed by atoms with Crippen molar-refractivity contribution in [3.05, 3.63) is 58.0 Å². The molecule has 29 heavy (non-hydrogen) atoms. The van der Waals surface area contributed by atoms with Crippen molar-refractivity contribution in [1.29, 1.82) is 0 Å². The largest absolute Gasteiger partial charge is 0.326 e. The van der Waals surface area contributed by atoms with Gasteiger partial charge in [-0.2, -0.15) is 5.10 Å². The average Bonchev–Trinajstić information content (AvgIpc) is 3.01. The van der Waals surface area contributed by atoms with E-state index in [-0.39, 0.29) is 5.91 Å². The first-order valence-electron chi connectivity index (χ1n) is 10.4. The molecule has 0 unspecified atom stereocenters. The van der Waals surface area contributed by atoms with Crippen molar-refractivity contribution in [2.45, 2.75) is 73.1 Å². The molecule has 0 radical (unpaired) electrons. The molecule has 0 fully saturated rings. The first kappa shape index (κ1) is 21.0. The Morgan fingerprint density at radius 2 is 1.69 bits per heavy atom. The van der Waals surface area contributed by atoms with E-state index in [9.17, 15) is 4.79 Å². The fraction of sp³-hybridized carbons (Fsp3) is 0.458. The van der Waals surface area contributed by atoms with E-state index in [4.69, 9.17) is 0 Å². The van der Waals surface area contributed by atoms with Crippen LogP contribution in [0, 0.1) is 20.8 Å². The standard InChI is InChI=1S/C24H32N4O/c1-14(2)19-9-8-10-20(15(3)4)24(19)26-23(29)12-11-21-17(6)25-22-13-16(5)27-28(22)18(21)7/h8-10,13-15H,11-12H2,1-7H3,(H,26,29). The Bertz CT molecular complexity index is 1020. The Morgan fingerprint density at radius 1 is 1.07 bits per heavy atom. The smallest absolute Gasteiger partial charge is 0.224 e. The number of nitrogens with zero attached hydrogens (tertiary/aromatic N) is 3. The lowest BCUT2D eigenvalue weighted by Crippen LogP contribution is -2.17. The van der Waals surface area contributed by atoms with Crippen molar-refractivity contribution in [3.8, 4) is 0 Å². The molecule has 0 saturated carbocycles. The van der Waals surface area contributed by atoms with Gasteiger partial charge in [0.2, 0.25) is 5.91 Å². The lowest BCUT2D eigenvalue weighted by atomic mass is 9.92. The molecule has 0 atom stereocenters. The number of aromatic nitrogens is 3. The van der Waals surface area contributed by atoms with E-state index in [2.05, 4.69) is 61.3 Å². The lowest BCUT2D eigenvalue weighted by Gasteiger charge is -2.20. The van der Waals surface area contributed by atoms with Gasteiger partial charge in [0.15, 0.2) is 5.65 Å². The van der Waals surface area contributed by atoms with Crippen LogP contribution in [-0.2, 0) is 11.2 Å². The summed E-state index contributed by atoms with van der Waals surface area (Å²) in [6.07, 6.45) is 1.06. The van der Waals surface area contributed by atoms with Crippen LogP contribution in [0.15, 0.2) is 24.3 Å². The molecule has 1 N–H and O–H groups in total. The van der Waals surface area contributed by atoms with Crippen molar-refractivity contribution in [1.82, 2.24) is 14.6 Å². The molecule has 2 heterocycles. The molecule has 5 heteroatoms. The number of hydrogen-bond acceptors (Lipinski definition) is 3. The molecule has 5 nitrogen and oxygen atoms in total. The third-order valence-corrected chi connectivity index (χ3v) is 5.53. The zero-order valence-electron chi connectivity index (χ0n) is 18.6. The predicted octanol–water partition coefficient (Wildman–Crippen LogP) is 5.47. The van der Waals surface area contributed by atoms with E-state index in [1.807, 2.05) is 31.4 Å². The highest BCUT2D eigenvalue weighted by molar-refractivity contribution is 5.92. The Labute approximate surface area is 173 Å². The topological polar surface area (TPSA) is 59.3 Å². The zero-order chi connectivity index (χ0) is 21.3.